The maximum Gasteiger partial charge on any atom is 0.451 e. The first-order valence-electron chi connectivity index (χ1n) is 5.47. The highest BCUT2D eigenvalue weighted by atomic mass is 19.4. The maximum atomic E-state index is 13.6. The summed E-state index contributed by atoms with van der Waals surface area (Å²) in [5, 5.41) is 15.3. The van der Waals surface area contributed by atoms with Crippen molar-refractivity contribution in [1.82, 2.24) is 15.2 Å². The fraction of sp³-hybridized carbons (Fsp3) is 0.667. The van der Waals surface area contributed by atoms with Gasteiger partial charge in [-0.2, -0.15) is 26.9 Å². The summed E-state index contributed by atoms with van der Waals surface area (Å²) in [7, 11) is 0. The molecular weight excluding hydrogens is 291 g/mol. The van der Waals surface area contributed by atoms with Crippen LogP contribution in [0.25, 0.3) is 0 Å². The maximum absolute atomic E-state index is 13.6. The number of aromatic nitrogens is 3. The van der Waals surface area contributed by atoms with Crippen molar-refractivity contribution in [3.8, 4) is 0 Å². The quantitative estimate of drug-likeness (QED) is 0.734. The van der Waals surface area contributed by atoms with Crippen LogP contribution in [0.1, 0.15) is 25.1 Å². The summed E-state index contributed by atoms with van der Waals surface area (Å²) in [5.74, 6) is -8.56. The molecule has 0 unspecified atom stereocenters. The van der Waals surface area contributed by atoms with Gasteiger partial charge in [-0.15, -0.1) is 5.10 Å². The largest absolute Gasteiger partial charge is 0.451 e. The Morgan fingerprint density at radius 2 is 1.90 bits per heavy atom. The lowest BCUT2D eigenvalue weighted by molar-refractivity contribution is -0.212. The van der Waals surface area contributed by atoms with Gasteiger partial charge >= 0.3 is 12.1 Å². The summed E-state index contributed by atoms with van der Waals surface area (Å²) in [6, 6.07) is 0. The Morgan fingerprint density at radius 1 is 1.30 bits per heavy atom. The molecule has 11 heteroatoms. The van der Waals surface area contributed by atoms with E-state index in [2.05, 4.69) is 10.1 Å². The number of aromatic amines is 1. The van der Waals surface area contributed by atoms with E-state index >= 15 is 0 Å². The van der Waals surface area contributed by atoms with Gasteiger partial charge in [0.2, 0.25) is 11.8 Å². The van der Waals surface area contributed by atoms with E-state index in [1.807, 2.05) is 0 Å². The molecule has 0 bridgehead atoms. The molecule has 6 nitrogen and oxygen atoms in total. The minimum absolute atomic E-state index is 0.269. The van der Waals surface area contributed by atoms with Gasteiger partial charge in [0.1, 0.15) is 5.60 Å². The molecule has 20 heavy (non-hydrogen) atoms. The number of carbonyl (C=O) groups is 1. The van der Waals surface area contributed by atoms with Crippen LogP contribution in [-0.4, -0.2) is 37.7 Å². The molecule has 1 saturated carbocycles. The van der Waals surface area contributed by atoms with Crippen LogP contribution < -0.4 is 5.32 Å². The Labute approximate surface area is 108 Å². The Hall–Kier alpha value is -1.78. The number of halogens is 5. The van der Waals surface area contributed by atoms with Crippen LogP contribution in [0.3, 0.4) is 0 Å². The predicted molar refractivity (Wildman–Crippen MR) is 53.8 cm³/mol. The van der Waals surface area contributed by atoms with Crippen molar-refractivity contribution in [3.63, 3.8) is 0 Å². The van der Waals surface area contributed by atoms with Crippen molar-refractivity contribution in [3.05, 3.63) is 5.82 Å². The number of alkyl halides is 5. The van der Waals surface area contributed by atoms with E-state index in [0.717, 1.165) is 0 Å². The monoisotopic (exact) mass is 300 g/mol. The number of aliphatic hydroxyl groups is 1. The van der Waals surface area contributed by atoms with E-state index in [1.165, 1.54) is 10.4 Å². The minimum atomic E-state index is -4.84. The van der Waals surface area contributed by atoms with Crippen LogP contribution in [0.2, 0.25) is 0 Å². The van der Waals surface area contributed by atoms with Crippen molar-refractivity contribution in [2.75, 3.05) is 5.32 Å². The lowest BCUT2D eigenvalue weighted by Crippen LogP contribution is -2.59. The van der Waals surface area contributed by atoms with Gasteiger partial charge in [-0.25, -0.2) is 0 Å². The molecule has 1 aliphatic rings. The van der Waals surface area contributed by atoms with Crippen LogP contribution in [-0.2, 0) is 11.0 Å². The topological polar surface area (TPSA) is 90.9 Å². The molecule has 1 aromatic heterocycles. The SMILES string of the molecule is O=C(Nc1n[nH]c(C(F)(F)F)n1)C(F)(F)C1(O)CCC1. The molecule has 2 rings (SSSR count). The molecular formula is C9H9F5N4O2. The molecule has 0 aromatic carbocycles. The summed E-state index contributed by atoms with van der Waals surface area (Å²) in [6.45, 7) is 0. The smallest absolute Gasteiger partial charge is 0.383 e. The Kier molecular flexibility index (Phi) is 3.19. The third-order valence-corrected chi connectivity index (χ3v) is 3.03. The van der Waals surface area contributed by atoms with Crippen molar-refractivity contribution in [2.45, 2.75) is 37.0 Å². The highest BCUT2D eigenvalue weighted by Crippen LogP contribution is 2.44. The van der Waals surface area contributed by atoms with Crippen LogP contribution in [0.15, 0.2) is 0 Å². The van der Waals surface area contributed by atoms with Gasteiger partial charge in [0, 0.05) is 0 Å². The van der Waals surface area contributed by atoms with Crippen molar-refractivity contribution < 1.29 is 31.9 Å². The number of rotatable bonds is 3. The first kappa shape index (κ1) is 14.6. The number of hydrogen-bond donors (Lipinski definition) is 3. The summed E-state index contributed by atoms with van der Waals surface area (Å²) in [4.78, 5) is 14.2. The summed E-state index contributed by atoms with van der Waals surface area (Å²) in [6.07, 6.45) is -5.05. The second kappa shape index (κ2) is 4.36. The summed E-state index contributed by atoms with van der Waals surface area (Å²) in [5.41, 5.74) is -2.47. The molecule has 1 heterocycles. The minimum Gasteiger partial charge on any atom is -0.383 e. The van der Waals surface area contributed by atoms with Crippen LogP contribution >= 0.6 is 0 Å². The fourth-order valence-corrected chi connectivity index (χ4v) is 1.66. The molecule has 3 N–H and O–H groups in total. The highest BCUT2D eigenvalue weighted by Gasteiger charge is 2.61. The lowest BCUT2D eigenvalue weighted by Gasteiger charge is -2.41. The van der Waals surface area contributed by atoms with E-state index in [0.29, 0.717) is 6.42 Å². The zero-order chi connectivity index (χ0) is 15.2. The zero-order valence-corrected chi connectivity index (χ0v) is 9.76. The van der Waals surface area contributed by atoms with E-state index in [4.69, 9.17) is 0 Å². The third kappa shape index (κ3) is 2.32. The van der Waals surface area contributed by atoms with Gasteiger partial charge in [0.25, 0.3) is 5.91 Å². The van der Waals surface area contributed by atoms with Crippen molar-refractivity contribution in [1.29, 1.82) is 0 Å². The number of nitrogens with zero attached hydrogens (tertiary/aromatic N) is 2. The third-order valence-electron chi connectivity index (χ3n) is 3.03. The first-order valence-corrected chi connectivity index (χ1v) is 5.47. The van der Waals surface area contributed by atoms with Crippen molar-refractivity contribution >= 4 is 11.9 Å². The van der Waals surface area contributed by atoms with Gasteiger partial charge in [-0.1, -0.05) is 0 Å². The van der Waals surface area contributed by atoms with Crippen LogP contribution in [0.4, 0.5) is 27.9 Å². The van der Waals surface area contributed by atoms with Gasteiger partial charge in [-0.3, -0.25) is 15.2 Å². The average molecular weight is 300 g/mol. The molecule has 1 amide bonds. The molecule has 1 aliphatic carbocycles. The zero-order valence-electron chi connectivity index (χ0n) is 9.76. The second-order valence-corrected chi connectivity index (χ2v) is 4.42. The number of H-pyrrole nitrogens is 1. The molecule has 0 spiro atoms. The van der Waals surface area contributed by atoms with E-state index in [-0.39, 0.29) is 12.8 Å². The summed E-state index contributed by atoms with van der Waals surface area (Å²) >= 11 is 0. The van der Waals surface area contributed by atoms with Gasteiger partial charge < -0.3 is 5.11 Å². The second-order valence-electron chi connectivity index (χ2n) is 4.42. The Bertz CT molecular complexity index is 523. The first-order chi connectivity index (χ1) is 9.06. The Morgan fingerprint density at radius 3 is 2.30 bits per heavy atom. The molecule has 112 valence electrons. The standard InChI is InChI=1S/C9H9F5N4O2/c10-8(11,7(20)2-1-3-7)5(19)16-6-15-4(17-18-6)9(12,13)14/h20H,1-3H2,(H2,15,16,17,18,19). The molecule has 0 radical (unpaired) electrons. The van der Waals surface area contributed by atoms with Gasteiger partial charge in [0.05, 0.1) is 0 Å². The summed E-state index contributed by atoms with van der Waals surface area (Å²) < 4.78 is 63.8. The van der Waals surface area contributed by atoms with E-state index in [9.17, 15) is 31.9 Å². The number of carbonyl (C=O) groups excluding carboxylic acids is 1. The molecule has 0 atom stereocenters. The molecule has 0 saturated heterocycles. The lowest BCUT2D eigenvalue weighted by atomic mass is 9.75. The number of nitrogens with one attached hydrogen (secondary N) is 2. The number of amides is 1. The highest BCUT2D eigenvalue weighted by molar-refractivity contribution is 5.95. The van der Waals surface area contributed by atoms with E-state index < -0.39 is 35.4 Å². The van der Waals surface area contributed by atoms with Crippen LogP contribution in [0, 0.1) is 0 Å². The average Bonchev–Trinajstić information content (AvgIpc) is 2.73. The molecule has 1 fully saturated rings. The Balaban J connectivity index is 2.10. The number of anilines is 1. The fourth-order valence-electron chi connectivity index (χ4n) is 1.66. The van der Waals surface area contributed by atoms with Gasteiger partial charge in [0.15, 0.2) is 0 Å². The predicted octanol–water partition coefficient (Wildman–Crippen LogP) is 1.31. The number of hydrogen-bond acceptors (Lipinski definition) is 4. The van der Waals surface area contributed by atoms with Crippen molar-refractivity contribution in [2.24, 2.45) is 0 Å². The molecule has 0 aliphatic heterocycles. The van der Waals surface area contributed by atoms with E-state index in [1.54, 1.807) is 0 Å². The van der Waals surface area contributed by atoms with Crippen LogP contribution in [0.5, 0.6) is 0 Å². The molecule has 1 aromatic rings. The normalized spacial score (nSPS) is 18.5. The van der Waals surface area contributed by atoms with Gasteiger partial charge in [-0.05, 0) is 19.3 Å².